The van der Waals surface area contributed by atoms with Crippen LogP contribution in [0, 0.1) is 6.92 Å². The van der Waals surface area contributed by atoms with E-state index >= 15 is 0 Å². The second-order valence-electron chi connectivity index (χ2n) is 9.81. The number of pyridine rings is 3. The summed E-state index contributed by atoms with van der Waals surface area (Å²) >= 11 is 0. The minimum absolute atomic E-state index is 0.126. The van der Waals surface area contributed by atoms with Gasteiger partial charge in [-0.15, -0.1) is 5.10 Å². The van der Waals surface area contributed by atoms with Crippen LogP contribution in [0.3, 0.4) is 0 Å². The summed E-state index contributed by atoms with van der Waals surface area (Å²) in [7, 11) is 0. The van der Waals surface area contributed by atoms with Crippen molar-refractivity contribution in [3.63, 3.8) is 0 Å². The van der Waals surface area contributed by atoms with Crippen molar-refractivity contribution in [2.24, 2.45) is 0 Å². The van der Waals surface area contributed by atoms with Crippen molar-refractivity contribution < 1.29 is 18.0 Å². The van der Waals surface area contributed by atoms with Crippen molar-refractivity contribution in [2.45, 2.75) is 33.0 Å². The highest BCUT2D eigenvalue weighted by atomic mass is 19.4. The highest BCUT2D eigenvalue weighted by Crippen LogP contribution is 2.30. The maximum Gasteiger partial charge on any atom is 0.416 e. The van der Waals surface area contributed by atoms with Crippen LogP contribution < -0.4 is 10.2 Å². The van der Waals surface area contributed by atoms with Crippen molar-refractivity contribution in [1.29, 1.82) is 0 Å². The Labute approximate surface area is 228 Å². The van der Waals surface area contributed by atoms with Crippen LogP contribution in [0.15, 0.2) is 55.2 Å². The van der Waals surface area contributed by atoms with Crippen LogP contribution in [0.2, 0.25) is 0 Å². The van der Waals surface area contributed by atoms with E-state index in [1.54, 1.807) is 25.4 Å². The van der Waals surface area contributed by atoms with Crippen LogP contribution in [0.25, 0.3) is 16.9 Å². The van der Waals surface area contributed by atoms with Crippen molar-refractivity contribution in [1.82, 2.24) is 34.8 Å². The Balaban J connectivity index is 1.34. The molecule has 4 aromatic heterocycles. The Bertz CT molecular complexity index is 1510. The molecule has 13 heteroatoms. The van der Waals surface area contributed by atoms with Gasteiger partial charge in [0.2, 0.25) is 0 Å². The molecule has 0 atom stereocenters. The largest absolute Gasteiger partial charge is 0.416 e. The van der Waals surface area contributed by atoms with E-state index in [0.717, 1.165) is 55.8 Å². The zero-order valence-electron chi connectivity index (χ0n) is 22.2. The SMILES string of the molecule is Cc1ncc(C(=O)Nc2cc(C(F)(F)F)ccn2)cc1-n1cc(-c2cncc(N3CCN(C(C)C)CC3)c2)nn1. The Kier molecular flexibility index (Phi) is 7.48. The number of carbonyl (C=O) groups is 1. The summed E-state index contributed by atoms with van der Waals surface area (Å²) in [5.41, 5.74) is 2.70. The van der Waals surface area contributed by atoms with Gasteiger partial charge in [-0.2, -0.15) is 13.2 Å². The normalized spacial score (nSPS) is 14.5. The molecule has 0 spiro atoms. The minimum atomic E-state index is -4.55. The molecule has 1 aliphatic heterocycles. The maximum absolute atomic E-state index is 13.0. The molecule has 0 radical (unpaired) electrons. The molecule has 1 saturated heterocycles. The first kappa shape index (κ1) is 27.2. The lowest BCUT2D eigenvalue weighted by molar-refractivity contribution is -0.137. The predicted molar refractivity (Wildman–Crippen MR) is 143 cm³/mol. The van der Waals surface area contributed by atoms with Gasteiger partial charge in [-0.1, -0.05) is 5.21 Å². The van der Waals surface area contributed by atoms with E-state index < -0.39 is 17.6 Å². The first-order valence-corrected chi connectivity index (χ1v) is 12.8. The molecule has 10 nitrogen and oxygen atoms in total. The van der Waals surface area contributed by atoms with E-state index in [9.17, 15) is 18.0 Å². The number of anilines is 2. The number of amides is 1. The fourth-order valence-electron chi connectivity index (χ4n) is 4.49. The number of aryl methyl sites for hydroxylation is 1. The maximum atomic E-state index is 13.0. The minimum Gasteiger partial charge on any atom is -0.368 e. The Morgan fingerprint density at radius 1 is 1.02 bits per heavy atom. The van der Waals surface area contributed by atoms with Crippen LogP contribution in [0.1, 0.15) is 35.5 Å². The molecule has 40 heavy (non-hydrogen) atoms. The van der Waals surface area contributed by atoms with Gasteiger partial charge in [0.05, 0.1) is 40.6 Å². The van der Waals surface area contributed by atoms with E-state index in [-0.39, 0.29) is 11.4 Å². The van der Waals surface area contributed by atoms with E-state index in [1.165, 1.54) is 10.9 Å². The molecule has 5 rings (SSSR count). The first-order chi connectivity index (χ1) is 19.1. The van der Waals surface area contributed by atoms with Gasteiger partial charge in [0.25, 0.3) is 5.91 Å². The monoisotopic (exact) mass is 551 g/mol. The fourth-order valence-corrected chi connectivity index (χ4v) is 4.49. The summed E-state index contributed by atoms with van der Waals surface area (Å²) in [6, 6.07) is 5.70. The second kappa shape index (κ2) is 11.0. The number of nitrogens with zero attached hydrogens (tertiary/aromatic N) is 8. The number of halogens is 3. The van der Waals surface area contributed by atoms with Gasteiger partial charge >= 0.3 is 6.18 Å². The molecule has 208 valence electrons. The molecule has 4 aromatic rings. The standard InChI is InChI=1S/C27H28F3N9O/c1-17(2)37-6-8-38(9-7-37)22-10-19(13-31-15-22)23-16-39(36-35-23)24-11-20(14-33-18(24)3)26(40)34-25-12-21(4-5-32-25)27(28,29)30/h4-5,10-17H,6-9H2,1-3H3,(H,32,34,40). The number of hydrogen-bond donors (Lipinski definition) is 1. The van der Waals surface area contributed by atoms with Gasteiger partial charge in [0, 0.05) is 56.4 Å². The molecular weight excluding hydrogens is 523 g/mol. The average Bonchev–Trinajstić information content (AvgIpc) is 3.43. The van der Waals surface area contributed by atoms with Crippen LogP contribution >= 0.6 is 0 Å². The van der Waals surface area contributed by atoms with Gasteiger partial charge in [-0.05, 0) is 45.0 Å². The van der Waals surface area contributed by atoms with Crippen molar-refractivity contribution >= 4 is 17.4 Å². The molecule has 5 heterocycles. The second-order valence-corrected chi connectivity index (χ2v) is 9.81. The van der Waals surface area contributed by atoms with Gasteiger partial charge in [0.1, 0.15) is 11.5 Å². The number of rotatable bonds is 6. The molecule has 1 aliphatic rings. The number of carbonyl (C=O) groups excluding carboxylic acids is 1. The van der Waals surface area contributed by atoms with Crippen LogP contribution in [0.4, 0.5) is 24.7 Å². The van der Waals surface area contributed by atoms with E-state index in [2.05, 4.69) is 54.2 Å². The van der Waals surface area contributed by atoms with Crippen LogP contribution in [-0.2, 0) is 6.18 Å². The van der Waals surface area contributed by atoms with E-state index in [1.807, 2.05) is 12.3 Å². The van der Waals surface area contributed by atoms with Crippen molar-refractivity contribution in [2.75, 3.05) is 36.4 Å². The topological polar surface area (TPSA) is 105 Å². The first-order valence-electron chi connectivity index (χ1n) is 12.8. The Hall–Kier alpha value is -4.39. The molecular formula is C27H28F3N9O. The molecule has 0 saturated carbocycles. The summed E-state index contributed by atoms with van der Waals surface area (Å²) in [6.45, 7) is 9.95. The summed E-state index contributed by atoms with van der Waals surface area (Å²) in [4.78, 5) is 30.1. The van der Waals surface area contributed by atoms with Crippen LogP contribution in [-0.4, -0.2) is 73.0 Å². The fraction of sp³-hybridized carbons (Fsp3) is 0.333. The highest BCUT2D eigenvalue weighted by Gasteiger charge is 2.31. The Morgan fingerprint density at radius 3 is 2.52 bits per heavy atom. The number of nitrogens with one attached hydrogen (secondary N) is 1. The lowest BCUT2D eigenvalue weighted by atomic mass is 10.1. The smallest absolute Gasteiger partial charge is 0.368 e. The third kappa shape index (κ3) is 5.93. The van der Waals surface area contributed by atoms with E-state index in [4.69, 9.17) is 0 Å². The summed E-state index contributed by atoms with van der Waals surface area (Å²) in [5.74, 6) is -0.877. The summed E-state index contributed by atoms with van der Waals surface area (Å²) in [5, 5.41) is 10.9. The van der Waals surface area contributed by atoms with Gasteiger partial charge in [-0.3, -0.25) is 19.7 Å². The number of alkyl halides is 3. The number of aromatic nitrogens is 6. The zero-order valence-corrected chi connectivity index (χ0v) is 22.2. The summed E-state index contributed by atoms with van der Waals surface area (Å²) < 4.78 is 40.6. The molecule has 0 aliphatic carbocycles. The molecule has 0 bridgehead atoms. The molecule has 1 amide bonds. The van der Waals surface area contributed by atoms with Crippen molar-refractivity contribution in [3.05, 3.63) is 72.1 Å². The quantitative estimate of drug-likeness (QED) is 0.380. The summed E-state index contributed by atoms with van der Waals surface area (Å²) in [6.07, 6.45) is 3.06. The highest BCUT2D eigenvalue weighted by molar-refractivity contribution is 6.04. The third-order valence-electron chi connectivity index (χ3n) is 6.82. The lowest BCUT2D eigenvalue weighted by Crippen LogP contribution is -2.48. The zero-order chi connectivity index (χ0) is 28.4. The molecule has 0 aromatic carbocycles. The third-order valence-corrected chi connectivity index (χ3v) is 6.82. The lowest BCUT2D eigenvalue weighted by Gasteiger charge is -2.38. The van der Waals surface area contributed by atoms with Crippen molar-refractivity contribution in [3.8, 4) is 16.9 Å². The molecule has 1 fully saturated rings. The van der Waals surface area contributed by atoms with Gasteiger partial charge in [-0.25, -0.2) is 9.67 Å². The average molecular weight is 552 g/mol. The number of hydrogen-bond acceptors (Lipinski definition) is 8. The van der Waals surface area contributed by atoms with E-state index in [0.29, 0.717) is 23.1 Å². The predicted octanol–water partition coefficient (Wildman–Crippen LogP) is 4.23. The number of piperazine rings is 1. The van der Waals surface area contributed by atoms with Gasteiger partial charge < -0.3 is 10.2 Å². The Morgan fingerprint density at radius 2 is 1.80 bits per heavy atom. The molecule has 0 unspecified atom stereocenters. The molecule has 1 N–H and O–H groups in total. The van der Waals surface area contributed by atoms with Crippen LogP contribution in [0.5, 0.6) is 0 Å². The van der Waals surface area contributed by atoms with Gasteiger partial charge in [0.15, 0.2) is 0 Å².